The number of rotatable bonds is 18. The lowest BCUT2D eigenvalue weighted by Crippen LogP contribution is -2.22. The van der Waals surface area contributed by atoms with Crippen LogP contribution in [-0.2, 0) is 30.3 Å². The molecular formula is C35H39FO5. The third-order valence-electron chi connectivity index (χ3n) is 7.37. The van der Waals surface area contributed by atoms with Crippen LogP contribution in [0.5, 0.6) is 0 Å². The summed E-state index contributed by atoms with van der Waals surface area (Å²) in [7, 11) is 1.28. The zero-order valence-electron chi connectivity index (χ0n) is 23.7. The molecule has 0 aliphatic carbocycles. The molecule has 3 aromatic carbocycles. The Hall–Kier alpha value is -3.93. The van der Waals surface area contributed by atoms with E-state index < -0.39 is 17.7 Å². The van der Waals surface area contributed by atoms with E-state index in [0.717, 1.165) is 12.8 Å². The summed E-state index contributed by atoms with van der Waals surface area (Å²) in [6.07, 6.45) is 3.69. The van der Waals surface area contributed by atoms with Crippen LogP contribution in [0, 0.1) is 11.7 Å². The number of carbonyl (C=O) groups is 4. The molecule has 3 rings (SSSR count). The van der Waals surface area contributed by atoms with Crippen molar-refractivity contribution in [3.05, 3.63) is 107 Å². The number of benzene rings is 3. The second-order valence-electron chi connectivity index (χ2n) is 10.5. The van der Waals surface area contributed by atoms with Crippen LogP contribution in [0.15, 0.2) is 84.9 Å². The van der Waals surface area contributed by atoms with E-state index in [1.165, 1.54) is 30.4 Å². The first kappa shape index (κ1) is 31.6. The number of hydrogen-bond acceptors (Lipinski definition) is 5. The monoisotopic (exact) mass is 558 g/mol. The number of ketones is 3. The van der Waals surface area contributed by atoms with Gasteiger partial charge in [0.05, 0.1) is 19.4 Å². The summed E-state index contributed by atoms with van der Waals surface area (Å²) in [6.45, 7) is 0. The molecule has 0 saturated heterocycles. The van der Waals surface area contributed by atoms with E-state index in [-0.39, 0.29) is 48.1 Å². The van der Waals surface area contributed by atoms with Crippen molar-refractivity contribution in [3.63, 3.8) is 0 Å². The van der Waals surface area contributed by atoms with Gasteiger partial charge in [0.2, 0.25) is 0 Å². The van der Waals surface area contributed by atoms with Crippen LogP contribution >= 0.6 is 0 Å². The average Bonchev–Trinajstić information content (AvgIpc) is 2.98. The molecule has 6 heteroatoms. The fourth-order valence-corrected chi connectivity index (χ4v) is 5.17. The van der Waals surface area contributed by atoms with Gasteiger partial charge in [-0.1, -0.05) is 91.7 Å². The molecule has 0 spiro atoms. The van der Waals surface area contributed by atoms with E-state index in [0.29, 0.717) is 32.1 Å². The van der Waals surface area contributed by atoms with Crippen molar-refractivity contribution in [2.75, 3.05) is 7.11 Å². The molecule has 0 heterocycles. The lowest BCUT2D eigenvalue weighted by atomic mass is 9.86. The Morgan fingerprint density at radius 3 is 1.90 bits per heavy atom. The molecule has 0 saturated carbocycles. The maximum Gasteiger partial charge on any atom is 0.309 e. The SMILES string of the molecule is COC(=O)[C@H](CCCCCC(=O)CCC(c1ccccc1)c1ccccc1)CC(=O)CC(=O)Cc1ccccc1F. The summed E-state index contributed by atoms with van der Waals surface area (Å²) >= 11 is 0. The van der Waals surface area contributed by atoms with Crippen LogP contribution in [0.3, 0.4) is 0 Å². The van der Waals surface area contributed by atoms with Crippen LogP contribution in [0.2, 0.25) is 0 Å². The summed E-state index contributed by atoms with van der Waals surface area (Å²) < 4.78 is 18.7. The molecule has 0 N–H and O–H groups in total. The minimum atomic E-state index is -0.637. The number of esters is 1. The standard InChI is InChI=1S/C35H39FO5/c1-41-35(40)29(24-32(39)25-31(38)23-28-17-11-12-20-34(28)36)18-9-4-10-19-30(37)21-22-33(26-13-5-2-6-14-26)27-15-7-3-8-16-27/h2-3,5-8,11-17,20,29,33H,4,9-10,18-19,21-25H2,1H3/t29-/m1/s1. The van der Waals surface area contributed by atoms with E-state index in [9.17, 15) is 23.6 Å². The molecule has 0 aliphatic rings. The molecule has 0 aliphatic heterocycles. The number of hydrogen-bond donors (Lipinski definition) is 0. The minimum absolute atomic E-state index is 0.0883. The summed E-state index contributed by atoms with van der Waals surface area (Å²) in [6, 6.07) is 26.4. The lowest BCUT2D eigenvalue weighted by molar-refractivity contribution is -0.147. The van der Waals surface area contributed by atoms with Gasteiger partial charge in [-0.05, 0) is 42.0 Å². The number of halogens is 1. The first-order chi connectivity index (χ1) is 19.9. The van der Waals surface area contributed by atoms with E-state index in [4.69, 9.17) is 4.74 Å². The predicted molar refractivity (Wildman–Crippen MR) is 157 cm³/mol. The maximum atomic E-state index is 13.8. The molecule has 3 aromatic rings. The second-order valence-corrected chi connectivity index (χ2v) is 10.5. The van der Waals surface area contributed by atoms with Crippen LogP contribution in [0.4, 0.5) is 4.39 Å². The zero-order chi connectivity index (χ0) is 29.5. The summed E-state index contributed by atoms with van der Waals surface area (Å²) in [4.78, 5) is 49.7. The molecule has 0 unspecified atom stereocenters. The first-order valence-corrected chi connectivity index (χ1v) is 14.3. The van der Waals surface area contributed by atoms with Crippen LogP contribution in [0.1, 0.15) is 80.4 Å². The number of carbonyl (C=O) groups excluding carboxylic acids is 4. The van der Waals surface area contributed by atoms with Crippen molar-refractivity contribution in [3.8, 4) is 0 Å². The molecule has 1 atom stereocenters. The molecule has 0 aromatic heterocycles. The Morgan fingerprint density at radius 1 is 0.683 bits per heavy atom. The highest BCUT2D eigenvalue weighted by molar-refractivity contribution is 6.00. The Bertz CT molecular complexity index is 1230. The van der Waals surface area contributed by atoms with Gasteiger partial charge in [0.25, 0.3) is 0 Å². The van der Waals surface area contributed by atoms with Gasteiger partial charge < -0.3 is 4.74 Å². The van der Waals surface area contributed by atoms with Crippen molar-refractivity contribution >= 4 is 23.3 Å². The highest BCUT2D eigenvalue weighted by atomic mass is 19.1. The largest absolute Gasteiger partial charge is 0.469 e. The van der Waals surface area contributed by atoms with Gasteiger partial charge in [-0.15, -0.1) is 0 Å². The van der Waals surface area contributed by atoms with Gasteiger partial charge in [-0.25, -0.2) is 4.39 Å². The zero-order valence-corrected chi connectivity index (χ0v) is 23.7. The Balaban J connectivity index is 1.40. The normalized spacial score (nSPS) is 11.7. The molecule has 41 heavy (non-hydrogen) atoms. The van der Waals surface area contributed by atoms with Crippen molar-refractivity contribution in [1.29, 1.82) is 0 Å². The van der Waals surface area contributed by atoms with Gasteiger partial charge in [0.15, 0.2) is 0 Å². The molecule has 0 fully saturated rings. The maximum absolute atomic E-state index is 13.8. The van der Waals surface area contributed by atoms with Gasteiger partial charge in [-0.2, -0.15) is 0 Å². The molecule has 0 amide bonds. The highest BCUT2D eigenvalue weighted by Crippen LogP contribution is 2.29. The number of unbranched alkanes of at least 4 members (excludes halogenated alkanes) is 2. The third-order valence-corrected chi connectivity index (χ3v) is 7.37. The third kappa shape index (κ3) is 10.9. The Labute approximate surface area is 242 Å². The minimum Gasteiger partial charge on any atom is -0.469 e. The van der Waals surface area contributed by atoms with Crippen LogP contribution in [-0.4, -0.2) is 30.4 Å². The molecule has 216 valence electrons. The fourth-order valence-electron chi connectivity index (χ4n) is 5.17. The number of Topliss-reactive ketones (excluding diaryl/α,β-unsaturated/α-hetero) is 3. The van der Waals surface area contributed by atoms with Crippen molar-refractivity contribution < 1.29 is 28.3 Å². The van der Waals surface area contributed by atoms with Crippen LogP contribution < -0.4 is 0 Å². The van der Waals surface area contributed by atoms with Gasteiger partial charge in [-0.3, -0.25) is 19.2 Å². The van der Waals surface area contributed by atoms with Crippen LogP contribution in [0.25, 0.3) is 0 Å². The van der Waals surface area contributed by atoms with Gasteiger partial charge >= 0.3 is 5.97 Å². The van der Waals surface area contributed by atoms with Crippen molar-refractivity contribution in [1.82, 2.24) is 0 Å². The molecular weight excluding hydrogens is 519 g/mol. The van der Waals surface area contributed by atoms with E-state index in [1.54, 1.807) is 12.1 Å². The van der Waals surface area contributed by atoms with E-state index in [1.807, 2.05) is 36.4 Å². The van der Waals surface area contributed by atoms with E-state index >= 15 is 0 Å². The molecule has 0 radical (unpaired) electrons. The van der Waals surface area contributed by atoms with Crippen molar-refractivity contribution in [2.45, 2.75) is 70.1 Å². The summed E-state index contributed by atoms with van der Waals surface area (Å²) in [5.41, 5.74) is 2.65. The first-order valence-electron chi connectivity index (χ1n) is 14.3. The topological polar surface area (TPSA) is 77.5 Å². The molecule has 5 nitrogen and oxygen atoms in total. The Morgan fingerprint density at radius 2 is 1.29 bits per heavy atom. The summed E-state index contributed by atoms with van der Waals surface area (Å²) in [5.74, 6) is -1.96. The Kier molecular flexibility index (Phi) is 13.1. The fraction of sp³-hybridized carbons (Fsp3) is 0.371. The number of ether oxygens (including phenoxy) is 1. The smallest absolute Gasteiger partial charge is 0.309 e. The quantitative estimate of drug-likeness (QED) is 0.0937. The highest BCUT2D eigenvalue weighted by Gasteiger charge is 2.24. The predicted octanol–water partition coefficient (Wildman–Crippen LogP) is 7.21. The molecule has 0 bridgehead atoms. The lowest BCUT2D eigenvalue weighted by Gasteiger charge is -2.18. The second kappa shape index (κ2) is 17.0. The van der Waals surface area contributed by atoms with Crippen molar-refractivity contribution in [2.24, 2.45) is 5.92 Å². The number of methoxy groups -OCH3 is 1. The summed E-state index contributed by atoms with van der Waals surface area (Å²) in [5, 5.41) is 0. The van der Waals surface area contributed by atoms with Gasteiger partial charge in [0, 0.05) is 31.6 Å². The average molecular weight is 559 g/mol. The van der Waals surface area contributed by atoms with E-state index in [2.05, 4.69) is 24.3 Å². The van der Waals surface area contributed by atoms with Gasteiger partial charge in [0.1, 0.15) is 23.2 Å².